The number of benzene rings is 4. The predicted octanol–water partition coefficient (Wildman–Crippen LogP) is 7.92. The van der Waals surface area contributed by atoms with E-state index < -0.39 is 0 Å². The maximum absolute atomic E-state index is 4.94. The molecule has 4 heteroatoms. The molecular formula is C29H19N3S. The van der Waals surface area contributed by atoms with E-state index in [1.807, 2.05) is 6.92 Å². The fourth-order valence-electron chi connectivity index (χ4n) is 4.91. The minimum absolute atomic E-state index is 0.799. The Bertz CT molecular complexity index is 1830. The van der Waals surface area contributed by atoms with Crippen LogP contribution in [0.3, 0.4) is 0 Å². The van der Waals surface area contributed by atoms with Gasteiger partial charge in [-0.05, 0) is 37.3 Å². The van der Waals surface area contributed by atoms with Gasteiger partial charge < -0.3 is 4.57 Å². The van der Waals surface area contributed by atoms with Gasteiger partial charge in [0.25, 0.3) is 0 Å². The van der Waals surface area contributed by atoms with Gasteiger partial charge in [0.2, 0.25) is 0 Å². The Hall–Kier alpha value is -4.02. The van der Waals surface area contributed by atoms with Crippen LogP contribution >= 0.6 is 11.3 Å². The number of aromatic nitrogens is 3. The number of aryl methyl sites for hydroxylation is 1. The summed E-state index contributed by atoms with van der Waals surface area (Å²) in [5.41, 5.74) is 5.67. The molecule has 0 amide bonds. The average Bonchev–Trinajstić information content (AvgIpc) is 3.39. The second-order valence-electron chi connectivity index (χ2n) is 8.32. The van der Waals surface area contributed by atoms with Crippen molar-refractivity contribution in [1.29, 1.82) is 0 Å². The van der Waals surface area contributed by atoms with Gasteiger partial charge in [-0.1, -0.05) is 66.7 Å². The van der Waals surface area contributed by atoms with Crippen LogP contribution in [-0.2, 0) is 0 Å². The van der Waals surface area contributed by atoms with Crippen molar-refractivity contribution in [2.45, 2.75) is 6.92 Å². The highest BCUT2D eigenvalue weighted by atomic mass is 32.1. The Morgan fingerprint density at radius 1 is 0.667 bits per heavy atom. The highest BCUT2D eigenvalue weighted by molar-refractivity contribution is 7.25. The zero-order chi connectivity index (χ0) is 21.9. The second kappa shape index (κ2) is 6.99. The molecule has 0 fully saturated rings. The summed E-state index contributed by atoms with van der Waals surface area (Å²) in [7, 11) is 0. The van der Waals surface area contributed by atoms with Crippen LogP contribution < -0.4 is 0 Å². The summed E-state index contributed by atoms with van der Waals surface area (Å²) in [6.45, 7) is 1.98. The predicted molar refractivity (Wildman–Crippen MR) is 139 cm³/mol. The van der Waals surface area contributed by atoms with E-state index in [1.165, 1.54) is 31.9 Å². The number of para-hydroxylation sites is 2. The summed E-state index contributed by atoms with van der Waals surface area (Å²) in [5, 5.41) is 4.86. The van der Waals surface area contributed by atoms with Crippen LogP contribution in [0.5, 0.6) is 0 Å². The van der Waals surface area contributed by atoms with E-state index in [4.69, 9.17) is 9.97 Å². The van der Waals surface area contributed by atoms with Gasteiger partial charge in [-0.2, -0.15) is 0 Å². The van der Waals surface area contributed by atoms with Crippen LogP contribution in [0.15, 0.2) is 97.1 Å². The van der Waals surface area contributed by atoms with Crippen molar-refractivity contribution < 1.29 is 0 Å². The number of hydrogen-bond donors (Lipinski definition) is 0. The lowest BCUT2D eigenvalue weighted by atomic mass is 10.0. The fraction of sp³-hybridized carbons (Fsp3) is 0.0345. The quantitative estimate of drug-likeness (QED) is 0.273. The molecule has 3 heterocycles. The largest absolute Gasteiger partial charge is 0.309 e. The fourth-order valence-corrected chi connectivity index (χ4v) is 6.03. The molecule has 0 spiro atoms. The molecule has 3 aromatic heterocycles. The highest BCUT2D eigenvalue weighted by Crippen LogP contribution is 2.40. The second-order valence-corrected chi connectivity index (χ2v) is 9.35. The summed E-state index contributed by atoms with van der Waals surface area (Å²) >= 11 is 1.74. The maximum Gasteiger partial charge on any atom is 0.128 e. The van der Waals surface area contributed by atoms with Gasteiger partial charge in [0.05, 0.1) is 16.7 Å². The molecule has 4 aromatic carbocycles. The molecule has 7 rings (SSSR count). The number of rotatable bonds is 2. The zero-order valence-electron chi connectivity index (χ0n) is 18.0. The standard InChI is InChI=1S/C29H19N3S/c1-18-30-28(27-23-12-6-8-14-26(23)33-29(27)31-18)19-15-16-22-21-11-5-7-13-24(21)32(25(22)17-19)20-9-3-2-4-10-20/h2-17H,1H3. The smallest absolute Gasteiger partial charge is 0.128 e. The highest BCUT2D eigenvalue weighted by Gasteiger charge is 2.17. The summed E-state index contributed by atoms with van der Waals surface area (Å²) in [6, 6.07) is 34.4. The van der Waals surface area contributed by atoms with Crippen molar-refractivity contribution in [3.05, 3.63) is 103 Å². The molecule has 3 nitrogen and oxygen atoms in total. The molecular weight excluding hydrogens is 422 g/mol. The monoisotopic (exact) mass is 441 g/mol. The van der Waals surface area contributed by atoms with Gasteiger partial charge in [0, 0.05) is 37.5 Å². The first-order valence-corrected chi connectivity index (χ1v) is 11.8. The van der Waals surface area contributed by atoms with Gasteiger partial charge in [-0.3, -0.25) is 0 Å². The first kappa shape index (κ1) is 18.5. The topological polar surface area (TPSA) is 30.7 Å². The Morgan fingerprint density at radius 3 is 2.27 bits per heavy atom. The third-order valence-corrected chi connectivity index (χ3v) is 7.38. The molecule has 0 atom stereocenters. The Kier molecular flexibility index (Phi) is 3.93. The summed E-state index contributed by atoms with van der Waals surface area (Å²) < 4.78 is 3.60. The summed E-state index contributed by atoms with van der Waals surface area (Å²) in [4.78, 5) is 10.8. The van der Waals surface area contributed by atoms with Crippen LogP contribution in [0.25, 0.3) is 59.1 Å². The molecule has 156 valence electrons. The zero-order valence-corrected chi connectivity index (χ0v) is 18.8. The molecule has 0 N–H and O–H groups in total. The van der Waals surface area contributed by atoms with E-state index in [0.717, 1.165) is 33.0 Å². The summed E-state index contributed by atoms with van der Waals surface area (Å²) in [5.74, 6) is 0.799. The van der Waals surface area contributed by atoms with E-state index in [-0.39, 0.29) is 0 Å². The van der Waals surface area contributed by atoms with E-state index in [9.17, 15) is 0 Å². The minimum Gasteiger partial charge on any atom is -0.309 e. The number of fused-ring (bicyclic) bond motifs is 6. The normalized spacial score (nSPS) is 11.8. The van der Waals surface area contributed by atoms with E-state index in [0.29, 0.717) is 0 Å². The molecule has 33 heavy (non-hydrogen) atoms. The first-order chi connectivity index (χ1) is 16.3. The molecule has 7 aromatic rings. The van der Waals surface area contributed by atoms with Crippen LogP contribution in [0.4, 0.5) is 0 Å². The van der Waals surface area contributed by atoms with Gasteiger partial charge in [0.15, 0.2) is 0 Å². The lowest BCUT2D eigenvalue weighted by molar-refractivity contribution is 1.10. The van der Waals surface area contributed by atoms with Crippen molar-refractivity contribution >= 4 is 53.4 Å². The average molecular weight is 442 g/mol. The van der Waals surface area contributed by atoms with Crippen LogP contribution in [-0.4, -0.2) is 14.5 Å². The van der Waals surface area contributed by atoms with Crippen molar-refractivity contribution in [1.82, 2.24) is 14.5 Å². The third-order valence-electron chi connectivity index (χ3n) is 6.31. The van der Waals surface area contributed by atoms with Crippen molar-refractivity contribution in [2.75, 3.05) is 0 Å². The molecule has 0 saturated carbocycles. The number of hydrogen-bond acceptors (Lipinski definition) is 3. The van der Waals surface area contributed by atoms with E-state index in [1.54, 1.807) is 11.3 Å². The molecule has 0 saturated heterocycles. The lowest BCUT2D eigenvalue weighted by Crippen LogP contribution is -1.95. The molecule has 0 radical (unpaired) electrons. The van der Waals surface area contributed by atoms with Gasteiger partial charge in [0.1, 0.15) is 10.7 Å². The molecule has 0 bridgehead atoms. The molecule has 0 aliphatic carbocycles. The van der Waals surface area contributed by atoms with Gasteiger partial charge >= 0.3 is 0 Å². The van der Waals surface area contributed by atoms with Crippen LogP contribution in [0.2, 0.25) is 0 Å². The Labute approximate surface area is 194 Å². The third kappa shape index (κ3) is 2.74. The van der Waals surface area contributed by atoms with Gasteiger partial charge in [-0.25, -0.2) is 9.97 Å². The Morgan fingerprint density at radius 2 is 1.39 bits per heavy atom. The summed E-state index contributed by atoms with van der Waals surface area (Å²) in [6.07, 6.45) is 0. The molecule has 0 aliphatic rings. The molecule has 0 unspecified atom stereocenters. The Balaban J connectivity index is 1.59. The van der Waals surface area contributed by atoms with Gasteiger partial charge in [-0.15, -0.1) is 11.3 Å². The number of nitrogens with zero attached hydrogens (tertiary/aromatic N) is 3. The maximum atomic E-state index is 4.94. The number of thiophene rings is 1. The van der Waals surface area contributed by atoms with E-state index >= 15 is 0 Å². The van der Waals surface area contributed by atoms with Crippen LogP contribution in [0.1, 0.15) is 5.82 Å². The van der Waals surface area contributed by atoms with E-state index in [2.05, 4.69) is 102 Å². The molecule has 0 aliphatic heterocycles. The SMILES string of the molecule is Cc1nc(-c2ccc3c4ccccc4n(-c4ccccc4)c3c2)c2c(n1)sc1ccccc12. The minimum atomic E-state index is 0.799. The lowest BCUT2D eigenvalue weighted by Gasteiger charge is -2.09. The first-order valence-electron chi connectivity index (χ1n) is 11.0. The van der Waals surface area contributed by atoms with Crippen LogP contribution in [0, 0.1) is 6.92 Å². The van der Waals surface area contributed by atoms with Crippen molar-refractivity contribution in [3.63, 3.8) is 0 Å². The van der Waals surface area contributed by atoms with Crippen molar-refractivity contribution in [2.24, 2.45) is 0 Å². The van der Waals surface area contributed by atoms with Crippen molar-refractivity contribution in [3.8, 4) is 16.9 Å².